The first-order valence-electron chi connectivity index (χ1n) is 7.83. The predicted octanol–water partition coefficient (Wildman–Crippen LogP) is 5.22. The second-order valence-electron chi connectivity index (χ2n) is 5.50. The van der Waals surface area contributed by atoms with Crippen molar-refractivity contribution in [2.75, 3.05) is 14.2 Å². The molecular weight excluding hydrogens is 332 g/mol. The van der Waals surface area contributed by atoms with E-state index in [2.05, 4.69) is 29.3 Å². The molecule has 4 nitrogen and oxygen atoms in total. The van der Waals surface area contributed by atoms with Crippen LogP contribution in [0.15, 0.2) is 59.6 Å². The van der Waals surface area contributed by atoms with Crippen LogP contribution in [0.4, 0.5) is 5.13 Å². The van der Waals surface area contributed by atoms with E-state index in [9.17, 15) is 0 Å². The summed E-state index contributed by atoms with van der Waals surface area (Å²) in [6.45, 7) is 0. The first-order valence-corrected chi connectivity index (χ1v) is 8.64. The van der Waals surface area contributed by atoms with Crippen molar-refractivity contribution in [3.8, 4) is 11.5 Å². The number of nitrogens with zero attached hydrogens (tertiary/aromatic N) is 2. The number of methoxy groups -OCH3 is 2. The molecule has 0 fully saturated rings. The lowest BCUT2D eigenvalue weighted by atomic mass is 10.1. The van der Waals surface area contributed by atoms with Crippen LogP contribution in [0.3, 0.4) is 0 Å². The molecule has 0 radical (unpaired) electrons. The van der Waals surface area contributed by atoms with Gasteiger partial charge in [-0.15, -0.1) is 0 Å². The maximum absolute atomic E-state index is 5.40. The number of aromatic nitrogens is 1. The van der Waals surface area contributed by atoms with Crippen molar-refractivity contribution in [1.82, 2.24) is 4.98 Å². The van der Waals surface area contributed by atoms with E-state index in [1.54, 1.807) is 31.8 Å². The fourth-order valence-corrected chi connectivity index (χ4v) is 3.58. The lowest BCUT2D eigenvalue weighted by Gasteiger charge is -2.06. The number of rotatable bonds is 4. The number of hydrogen-bond donors (Lipinski definition) is 0. The summed E-state index contributed by atoms with van der Waals surface area (Å²) in [4.78, 5) is 9.25. The minimum atomic E-state index is 0.717. The van der Waals surface area contributed by atoms with Crippen LogP contribution in [0.1, 0.15) is 5.56 Å². The van der Waals surface area contributed by atoms with Crippen LogP contribution in [0, 0.1) is 0 Å². The van der Waals surface area contributed by atoms with Gasteiger partial charge >= 0.3 is 0 Å². The highest BCUT2D eigenvalue weighted by molar-refractivity contribution is 7.22. The topological polar surface area (TPSA) is 43.7 Å². The zero-order valence-corrected chi connectivity index (χ0v) is 14.7. The third-order valence-corrected chi connectivity index (χ3v) is 4.96. The van der Waals surface area contributed by atoms with Crippen LogP contribution in [-0.4, -0.2) is 25.4 Å². The monoisotopic (exact) mass is 348 g/mol. The fourth-order valence-electron chi connectivity index (χ4n) is 2.75. The molecule has 0 aliphatic carbocycles. The van der Waals surface area contributed by atoms with Gasteiger partial charge in [-0.05, 0) is 23.6 Å². The van der Waals surface area contributed by atoms with Crippen LogP contribution in [0.5, 0.6) is 11.5 Å². The van der Waals surface area contributed by atoms with E-state index in [1.165, 1.54) is 5.39 Å². The molecule has 0 unspecified atom stereocenters. The van der Waals surface area contributed by atoms with Gasteiger partial charge in [-0.2, -0.15) is 0 Å². The molecule has 3 aromatic carbocycles. The summed E-state index contributed by atoms with van der Waals surface area (Å²) in [5.41, 5.74) is 1.88. The Balaban J connectivity index is 1.73. The van der Waals surface area contributed by atoms with Gasteiger partial charge in [0.1, 0.15) is 11.5 Å². The molecule has 1 heterocycles. The molecule has 4 aromatic rings. The fraction of sp³-hybridized carbons (Fsp3) is 0.100. The number of hydrogen-bond acceptors (Lipinski definition) is 5. The summed E-state index contributed by atoms with van der Waals surface area (Å²) in [7, 11) is 3.27. The zero-order valence-electron chi connectivity index (χ0n) is 13.9. The normalized spacial score (nSPS) is 11.4. The molecule has 0 N–H and O–H groups in total. The van der Waals surface area contributed by atoms with E-state index in [1.807, 2.05) is 30.3 Å². The zero-order chi connectivity index (χ0) is 17.2. The number of thiazole rings is 1. The maximum Gasteiger partial charge on any atom is 0.210 e. The largest absolute Gasteiger partial charge is 0.497 e. The highest BCUT2D eigenvalue weighted by Gasteiger charge is 2.07. The summed E-state index contributed by atoms with van der Waals surface area (Å²) >= 11 is 1.58. The molecule has 0 saturated heterocycles. The summed E-state index contributed by atoms with van der Waals surface area (Å²) in [6, 6.07) is 18.1. The van der Waals surface area contributed by atoms with Crippen LogP contribution in [0.2, 0.25) is 0 Å². The van der Waals surface area contributed by atoms with E-state index in [0.717, 1.165) is 37.8 Å². The number of aliphatic imine (C=N–C) groups is 1. The Morgan fingerprint density at radius 2 is 1.88 bits per heavy atom. The molecule has 0 aliphatic rings. The van der Waals surface area contributed by atoms with Crippen molar-refractivity contribution < 1.29 is 9.47 Å². The quantitative estimate of drug-likeness (QED) is 0.475. The Bertz CT molecular complexity index is 1090. The molecule has 0 aliphatic heterocycles. The average Bonchev–Trinajstić information content (AvgIpc) is 3.09. The molecule has 1 aromatic heterocycles. The highest BCUT2D eigenvalue weighted by Crippen LogP contribution is 2.33. The SMILES string of the molecule is COc1ccc(C=Nc2nc3c(ccc4ccccc43)s2)c(OC)c1. The molecule has 0 spiro atoms. The Hall–Kier alpha value is -2.92. The van der Waals surface area contributed by atoms with E-state index in [4.69, 9.17) is 14.5 Å². The van der Waals surface area contributed by atoms with Gasteiger partial charge in [0.2, 0.25) is 5.13 Å². The molecule has 124 valence electrons. The van der Waals surface area contributed by atoms with Crippen molar-refractivity contribution in [3.05, 3.63) is 60.2 Å². The molecule has 0 saturated carbocycles. The van der Waals surface area contributed by atoms with Crippen molar-refractivity contribution >= 4 is 43.7 Å². The van der Waals surface area contributed by atoms with Crippen molar-refractivity contribution in [1.29, 1.82) is 0 Å². The molecule has 4 rings (SSSR count). The van der Waals surface area contributed by atoms with Gasteiger partial charge in [0.25, 0.3) is 0 Å². The summed E-state index contributed by atoms with van der Waals surface area (Å²) in [5, 5.41) is 3.07. The molecular formula is C20H16N2O2S. The van der Waals surface area contributed by atoms with Gasteiger partial charge in [-0.3, -0.25) is 0 Å². The van der Waals surface area contributed by atoms with E-state index in [0.29, 0.717) is 0 Å². The first-order chi connectivity index (χ1) is 12.3. The van der Waals surface area contributed by atoms with Gasteiger partial charge in [0, 0.05) is 23.2 Å². The van der Waals surface area contributed by atoms with Gasteiger partial charge in [0.15, 0.2) is 0 Å². The summed E-state index contributed by atoms with van der Waals surface area (Å²) < 4.78 is 11.8. The predicted molar refractivity (Wildman–Crippen MR) is 104 cm³/mol. The number of ether oxygens (including phenoxy) is 2. The molecule has 25 heavy (non-hydrogen) atoms. The van der Waals surface area contributed by atoms with Crippen molar-refractivity contribution in [2.45, 2.75) is 0 Å². The summed E-state index contributed by atoms with van der Waals surface area (Å²) in [5.74, 6) is 1.47. The van der Waals surface area contributed by atoms with E-state index < -0.39 is 0 Å². The minimum absolute atomic E-state index is 0.717. The summed E-state index contributed by atoms with van der Waals surface area (Å²) in [6.07, 6.45) is 1.78. The lowest BCUT2D eigenvalue weighted by molar-refractivity contribution is 0.394. The standard InChI is InChI=1S/C20H16N2O2S/c1-23-15-9-7-14(17(11-15)24-2)12-21-20-22-19-16-6-4-3-5-13(16)8-10-18(19)25-20/h3-12H,1-2H3. The molecule has 0 amide bonds. The second-order valence-corrected chi connectivity index (χ2v) is 6.51. The van der Waals surface area contributed by atoms with E-state index in [-0.39, 0.29) is 0 Å². The number of benzene rings is 3. The van der Waals surface area contributed by atoms with Crippen LogP contribution < -0.4 is 9.47 Å². The molecule has 5 heteroatoms. The van der Waals surface area contributed by atoms with Crippen LogP contribution in [-0.2, 0) is 0 Å². The second kappa shape index (κ2) is 6.53. The van der Waals surface area contributed by atoms with Crippen LogP contribution >= 0.6 is 11.3 Å². The third-order valence-electron chi connectivity index (χ3n) is 4.03. The Labute approximate surface area is 149 Å². The molecule has 0 bridgehead atoms. The van der Waals surface area contributed by atoms with Crippen LogP contribution in [0.25, 0.3) is 21.0 Å². The first kappa shape index (κ1) is 15.6. The van der Waals surface area contributed by atoms with Gasteiger partial charge in [0.05, 0.1) is 24.4 Å². The van der Waals surface area contributed by atoms with Crippen molar-refractivity contribution in [2.24, 2.45) is 4.99 Å². The average molecular weight is 348 g/mol. The van der Waals surface area contributed by atoms with Gasteiger partial charge in [-0.25, -0.2) is 9.98 Å². The number of fused-ring (bicyclic) bond motifs is 3. The smallest absolute Gasteiger partial charge is 0.210 e. The Morgan fingerprint density at radius 3 is 2.72 bits per heavy atom. The Kier molecular flexibility index (Phi) is 4.07. The van der Waals surface area contributed by atoms with Gasteiger partial charge < -0.3 is 9.47 Å². The lowest BCUT2D eigenvalue weighted by Crippen LogP contribution is -1.92. The highest BCUT2D eigenvalue weighted by atomic mass is 32.1. The third kappa shape index (κ3) is 2.94. The van der Waals surface area contributed by atoms with Crippen molar-refractivity contribution in [3.63, 3.8) is 0 Å². The van der Waals surface area contributed by atoms with E-state index >= 15 is 0 Å². The maximum atomic E-state index is 5.40. The molecule has 0 atom stereocenters. The minimum Gasteiger partial charge on any atom is -0.497 e. The Morgan fingerprint density at radius 1 is 1.00 bits per heavy atom. The van der Waals surface area contributed by atoms with Gasteiger partial charge in [-0.1, -0.05) is 41.7 Å².